The standard InChI is InChI=1S/C22H24N4O4S/c1-15-7-8-17(21-24-20(25-26-21)16-5-3-2-4-6-16)13-18(15)31(27,28)19-14-29-22(30-19)9-11-23-12-10-22/h2-8,13,19,23H,9-12,14H2,1H3,(H,24,25,26). The van der Waals surface area contributed by atoms with Crippen molar-refractivity contribution < 1.29 is 17.9 Å². The van der Waals surface area contributed by atoms with E-state index in [-0.39, 0.29) is 11.5 Å². The Bertz CT molecular complexity index is 1190. The summed E-state index contributed by atoms with van der Waals surface area (Å²) in [6.45, 7) is 3.31. The Labute approximate surface area is 180 Å². The average molecular weight is 441 g/mol. The molecule has 31 heavy (non-hydrogen) atoms. The molecule has 5 rings (SSSR count). The highest BCUT2D eigenvalue weighted by Gasteiger charge is 2.47. The molecule has 3 heterocycles. The lowest BCUT2D eigenvalue weighted by Gasteiger charge is -2.32. The second-order valence-corrected chi connectivity index (χ2v) is 9.99. The highest BCUT2D eigenvalue weighted by Crippen LogP contribution is 2.37. The largest absolute Gasteiger partial charge is 0.346 e. The van der Waals surface area contributed by atoms with Crippen LogP contribution >= 0.6 is 0 Å². The number of aromatic amines is 1. The van der Waals surface area contributed by atoms with Gasteiger partial charge >= 0.3 is 0 Å². The van der Waals surface area contributed by atoms with Crippen molar-refractivity contribution in [3.63, 3.8) is 0 Å². The van der Waals surface area contributed by atoms with Crippen LogP contribution in [0.4, 0.5) is 0 Å². The Balaban J connectivity index is 1.44. The fourth-order valence-electron chi connectivity index (χ4n) is 4.06. The molecule has 1 spiro atoms. The summed E-state index contributed by atoms with van der Waals surface area (Å²) in [6.07, 6.45) is 1.27. The van der Waals surface area contributed by atoms with Gasteiger partial charge in [-0.3, -0.25) is 0 Å². The summed E-state index contributed by atoms with van der Waals surface area (Å²) in [5.41, 5.74) is 1.19. The fourth-order valence-corrected chi connectivity index (χ4v) is 5.70. The molecule has 0 aliphatic carbocycles. The highest BCUT2D eigenvalue weighted by atomic mass is 32.2. The van der Waals surface area contributed by atoms with Crippen LogP contribution in [-0.2, 0) is 19.3 Å². The van der Waals surface area contributed by atoms with Gasteiger partial charge in [0.2, 0.25) is 9.84 Å². The van der Waals surface area contributed by atoms with Crippen molar-refractivity contribution in [3.05, 3.63) is 54.1 Å². The van der Waals surface area contributed by atoms with Crippen LogP contribution in [0.15, 0.2) is 53.4 Å². The Morgan fingerprint density at radius 3 is 2.45 bits per heavy atom. The van der Waals surface area contributed by atoms with E-state index in [0.29, 0.717) is 35.6 Å². The van der Waals surface area contributed by atoms with Gasteiger partial charge in [-0.1, -0.05) is 42.5 Å². The zero-order valence-corrected chi connectivity index (χ0v) is 18.0. The average Bonchev–Trinajstić information content (AvgIpc) is 3.44. The normalized spacial score (nSPS) is 20.9. The van der Waals surface area contributed by atoms with Gasteiger partial charge in [-0.05, 0) is 18.6 Å². The number of nitrogens with zero attached hydrogens (tertiary/aromatic N) is 2. The van der Waals surface area contributed by atoms with Gasteiger partial charge in [0.05, 0.1) is 11.5 Å². The van der Waals surface area contributed by atoms with E-state index in [2.05, 4.69) is 20.5 Å². The van der Waals surface area contributed by atoms with Crippen molar-refractivity contribution in [1.29, 1.82) is 0 Å². The van der Waals surface area contributed by atoms with Crippen LogP contribution in [-0.4, -0.2) is 54.5 Å². The minimum absolute atomic E-state index is 0.0342. The van der Waals surface area contributed by atoms with E-state index in [1.165, 1.54) is 0 Å². The number of sulfone groups is 1. The molecule has 162 valence electrons. The van der Waals surface area contributed by atoms with Crippen molar-refractivity contribution in [2.24, 2.45) is 0 Å². The van der Waals surface area contributed by atoms with E-state index in [1.807, 2.05) is 36.4 Å². The molecule has 1 aromatic heterocycles. The zero-order valence-electron chi connectivity index (χ0n) is 17.2. The number of hydrogen-bond donors (Lipinski definition) is 2. The number of nitrogens with one attached hydrogen (secondary N) is 2. The molecule has 9 heteroatoms. The second-order valence-electron chi connectivity index (χ2n) is 7.93. The number of H-pyrrole nitrogens is 1. The Morgan fingerprint density at radius 2 is 1.71 bits per heavy atom. The lowest BCUT2D eigenvalue weighted by Crippen LogP contribution is -2.43. The highest BCUT2D eigenvalue weighted by molar-refractivity contribution is 7.92. The third-order valence-electron chi connectivity index (χ3n) is 5.84. The summed E-state index contributed by atoms with van der Waals surface area (Å²) in [6, 6.07) is 14.9. The fraction of sp³-hybridized carbons (Fsp3) is 0.364. The van der Waals surface area contributed by atoms with Crippen molar-refractivity contribution in [3.8, 4) is 22.8 Å². The number of ether oxygens (including phenoxy) is 2. The molecule has 2 aromatic carbocycles. The third kappa shape index (κ3) is 3.78. The van der Waals surface area contributed by atoms with E-state index >= 15 is 0 Å². The smallest absolute Gasteiger partial charge is 0.207 e. The predicted octanol–water partition coefficient (Wildman–Crippen LogP) is 2.67. The van der Waals surface area contributed by atoms with Gasteiger partial charge in [-0.2, -0.15) is 0 Å². The SMILES string of the molecule is Cc1ccc(-c2nnc(-c3ccccc3)[nH]2)cc1S(=O)(=O)C1COC2(CCNCC2)O1. The lowest BCUT2D eigenvalue weighted by molar-refractivity contribution is -0.176. The molecule has 2 aliphatic heterocycles. The molecular formula is C22H24N4O4S. The van der Waals surface area contributed by atoms with Crippen molar-refractivity contribution in [2.45, 2.75) is 35.9 Å². The number of aryl methyl sites for hydroxylation is 1. The first kappa shape index (κ1) is 20.3. The molecule has 2 saturated heterocycles. The predicted molar refractivity (Wildman–Crippen MR) is 115 cm³/mol. The Kier molecular flexibility index (Phi) is 5.13. The maximum absolute atomic E-state index is 13.4. The van der Waals surface area contributed by atoms with Crippen LogP contribution in [0.25, 0.3) is 22.8 Å². The molecule has 0 amide bonds. The summed E-state index contributed by atoms with van der Waals surface area (Å²) in [5, 5.41) is 11.7. The minimum Gasteiger partial charge on any atom is -0.346 e. The monoisotopic (exact) mass is 440 g/mol. The van der Waals surface area contributed by atoms with E-state index in [9.17, 15) is 8.42 Å². The summed E-state index contributed by atoms with van der Waals surface area (Å²) in [5.74, 6) is 0.332. The van der Waals surface area contributed by atoms with Crippen molar-refractivity contribution in [1.82, 2.24) is 20.5 Å². The molecule has 2 aliphatic rings. The van der Waals surface area contributed by atoms with Gasteiger partial charge in [0.25, 0.3) is 0 Å². The van der Waals surface area contributed by atoms with E-state index in [0.717, 1.165) is 18.7 Å². The zero-order chi connectivity index (χ0) is 21.5. The molecule has 3 aromatic rings. The third-order valence-corrected chi connectivity index (χ3v) is 7.82. The molecule has 0 saturated carbocycles. The first-order valence-corrected chi connectivity index (χ1v) is 11.9. The Morgan fingerprint density at radius 1 is 1.00 bits per heavy atom. The molecule has 1 atom stereocenters. The molecule has 8 nitrogen and oxygen atoms in total. The minimum atomic E-state index is -3.75. The summed E-state index contributed by atoms with van der Waals surface area (Å²) in [7, 11) is -3.75. The van der Waals surface area contributed by atoms with Crippen molar-refractivity contribution >= 4 is 9.84 Å². The number of rotatable bonds is 4. The van der Waals surface area contributed by atoms with Crippen LogP contribution in [0.2, 0.25) is 0 Å². The quantitative estimate of drug-likeness (QED) is 0.642. The van der Waals surface area contributed by atoms with Crippen LogP contribution < -0.4 is 5.32 Å². The first-order valence-electron chi connectivity index (χ1n) is 10.3. The van der Waals surface area contributed by atoms with Gasteiger partial charge in [0.1, 0.15) is 0 Å². The second kappa shape index (κ2) is 7.83. The van der Waals surface area contributed by atoms with Crippen LogP contribution in [0.3, 0.4) is 0 Å². The van der Waals surface area contributed by atoms with E-state index in [4.69, 9.17) is 9.47 Å². The molecule has 0 bridgehead atoms. The van der Waals surface area contributed by atoms with Crippen LogP contribution in [0.5, 0.6) is 0 Å². The number of benzene rings is 2. The van der Waals surface area contributed by atoms with Crippen molar-refractivity contribution in [2.75, 3.05) is 19.7 Å². The van der Waals surface area contributed by atoms with Crippen LogP contribution in [0, 0.1) is 6.92 Å². The molecule has 0 radical (unpaired) electrons. The van der Waals surface area contributed by atoms with Gasteiger partial charge in [-0.15, -0.1) is 10.2 Å². The number of aromatic nitrogens is 3. The maximum Gasteiger partial charge on any atom is 0.207 e. The first-order chi connectivity index (χ1) is 15.0. The summed E-state index contributed by atoms with van der Waals surface area (Å²) < 4.78 is 38.7. The topological polar surface area (TPSA) is 106 Å². The maximum atomic E-state index is 13.4. The van der Waals surface area contributed by atoms with Gasteiger partial charge in [0, 0.05) is 37.1 Å². The summed E-state index contributed by atoms with van der Waals surface area (Å²) >= 11 is 0. The number of piperidine rings is 1. The van der Waals surface area contributed by atoms with E-state index in [1.54, 1.807) is 19.1 Å². The van der Waals surface area contributed by atoms with Crippen LogP contribution in [0.1, 0.15) is 18.4 Å². The lowest BCUT2D eigenvalue weighted by atomic mass is 10.1. The van der Waals surface area contributed by atoms with E-state index < -0.39 is 21.1 Å². The summed E-state index contributed by atoms with van der Waals surface area (Å²) in [4.78, 5) is 3.40. The van der Waals surface area contributed by atoms with Gasteiger partial charge in [-0.25, -0.2) is 8.42 Å². The molecule has 1 unspecified atom stereocenters. The Hall–Kier alpha value is -2.59. The van der Waals surface area contributed by atoms with Gasteiger partial charge < -0.3 is 19.8 Å². The molecule has 2 fully saturated rings. The molecular weight excluding hydrogens is 416 g/mol. The molecule has 2 N–H and O–H groups in total. The van der Waals surface area contributed by atoms with Gasteiger partial charge in [0.15, 0.2) is 22.9 Å². The number of hydrogen-bond acceptors (Lipinski definition) is 7.